The van der Waals surface area contributed by atoms with Crippen molar-refractivity contribution in [1.29, 1.82) is 0 Å². The molecule has 1 heterocycles. The number of rotatable bonds is 2. The maximum Gasteiger partial charge on any atom is 0.309 e. The molecule has 7 atom stereocenters. The highest BCUT2D eigenvalue weighted by molar-refractivity contribution is 5.75. The van der Waals surface area contributed by atoms with Crippen LogP contribution in [0.15, 0.2) is 11.1 Å². The molecule has 4 bridgehead atoms. The molecule has 0 aromatic rings. The molecular weight excluding hydrogens is 322 g/mol. The number of hydrogen-bond acceptors (Lipinski definition) is 3. The summed E-state index contributed by atoms with van der Waals surface area (Å²) < 4.78 is 5.30. The van der Waals surface area contributed by atoms with Crippen LogP contribution in [0.2, 0.25) is 0 Å². The van der Waals surface area contributed by atoms with Crippen molar-refractivity contribution in [2.75, 3.05) is 13.7 Å². The summed E-state index contributed by atoms with van der Waals surface area (Å²) in [6.07, 6.45) is 8.78. The van der Waals surface area contributed by atoms with E-state index in [1.54, 1.807) is 18.3 Å². The second-order valence-corrected chi connectivity index (χ2v) is 10.5. The molecule has 0 aromatic heterocycles. The molecule has 26 heavy (non-hydrogen) atoms. The van der Waals surface area contributed by atoms with Crippen molar-refractivity contribution in [3.8, 4) is 0 Å². The summed E-state index contributed by atoms with van der Waals surface area (Å²) in [7, 11) is 1.58. The van der Waals surface area contributed by atoms with Gasteiger partial charge < -0.3 is 10.1 Å². The lowest BCUT2D eigenvalue weighted by Crippen LogP contribution is -2.68. The molecule has 3 fully saturated rings. The van der Waals surface area contributed by atoms with Gasteiger partial charge in [-0.05, 0) is 80.6 Å². The van der Waals surface area contributed by atoms with Gasteiger partial charge in [0, 0.05) is 11.5 Å². The van der Waals surface area contributed by atoms with Crippen molar-refractivity contribution < 1.29 is 9.53 Å². The van der Waals surface area contributed by atoms with Gasteiger partial charge in [-0.1, -0.05) is 31.9 Å². The fraction of sp³-hybridized carbons (Fsp3) is 0.870. The van der Waals surface area contributed by atoms with E-state index in [0.29, 0.717) is 23.3 Å². The number of methoxy groups -OCH3 is 1. The molecule has 0 amide bonds. The molecule has 7 unspecified atom stereocenters. The third-order valence-electron chi connectivity index (χ3n) is 9.63. The monoisotopic (exact) mass is 357 g/mol. The highest BCUT2D eigenvalue weighted by Crippen LogP contribution is 2.74. The summed E-state index contributed by atoms with van der Waals surface area (Å²) in [5.74, 6) is 2.80. The Labute approximate surface area is 158 Å². The van der Waals surface area contributed by atoms with Crippen molar-refractivity contribution >= 4 is 5.97 Å². The molecular formula is C23H35NO2. The fourth-order valence-corrected chi connectivity index (χ4v) is 8.47. The zero-order valence-corrected chi connectivity index (χ0v) is 16.9. The predicted molar refractivity (Wildman–Crippen MR) is 102 cm³/mol. The van der Waals surface area contributed by atoms with E-state index in [2.05, 4.69) is 26.1 Å². The van der Waals surface area contributed by atoms with Crippen LogP contribution in [0.1, 0.15) is 65.7 Å². The zero-order valence-electron chi connectivity index (χ0n) is 16.9. The van der Waals surface area contributed by atoms with Gasteiger partial charge in [0.15, 0.2) is 0 Å². The largest absolute Gasteiger partial charge is 0.469 e. The van der Waals surface area contributed by atoms with E-state index < -0.39 is 0 Å². The SMILES string of the molecule is COC(=O)C1CC23C4=C(CCC41)CCC1CNC2C(C(C)C)CCC13C. The molecule has 2 saturated carbocycles. The molecule has 3 nitrogen and oxygen atoms in total. The minimum absolute atomic E-state index is 0.0519. The van der Waals surface area contributed by atoms with Crippen LogP contribution in [0.25, 0.3) is 0 Å². The summed E-state index contributed by atoms with van der Waals surface area (Å²) >= 11 is 0. The first-order chi connectivity index (χ1) is 12.4. The standard InChI is InChI=1S/C23H35NO2/c1-13(2)16-9-10-22(3)15-7-5-14-6-8-17-18(21(25)26-4)11-23(22,19(14)17)20(16)24-12-15/h13,15-18,20,24H,5-12H2,1-4H3. The average Bonchev–Trinajstić information content (AvgIpc) is 3.14. The molecule has 144 valence electrons. The first kappa shape index (κ1) is 17.3. The minimum atomic E-state index is 0.0519. The van der Waals surface area contributed by atoms with Crippen LogP contribution in [0, 0.1) is 40.4 Å². The Morgan fingerprint density at radius 2 is 2.00 bits per heavy atom. The maximum absolute atomic E-state index is 12.8. The van der Waals surface area contributed by atoms with Gasteiger partial charge >= 0.3 is 5.97 Å². The van der Waals surface area contributed by atoms with Crippen molar-refractivity contribution in [2.45, 2.75) is 71.8 Å². The molecule has 1 aliphatic heterocycles. The summed E-state index contributed by atoms with van der Waals surface area (Å²) in [5.41, 5.74) is 4.06. The van der Waals surface area contributed by atoms with E-state index in [1.165, 1.54) is 45.1 Å². The first-order valence-corrected chi connectivity index (χ1v) is 11.0. The number of piperidine rings is 1. The lowest BCUT2D eigenvalue weighted by molar-refractivity contribution is -0.149. The molecule has 5 aliphatic rings. The molecule has 5 rings (SSSR count). The predicted octanol–water partition coefficient (Wildman–Crippen LogP) is 4.33. The van der Waals surface area contributed by atoms with Gasteiger partial charge in [-0.15, -0.1) is 0 Å². The van der Waals surface area contributed by atoms with Gasteiger partial charge in [-0.2, -0.15) is 0 Å². The van der Waals surface area contributed by atoms with Gasteiger partial charge in [0.25, 0.3) is 0 Å². The number of hydrogen-bond donors (Lipinski definition) is 1. The fourth-order valence-electron chi connectivity index (χ4n) is 8.47. The van der Waals surface area contributed by atoms with Crippen LogP contribution < -0.4 is 5.32 Å². The van der Waals surface area contributed by atoms with Gasteiger partial charge in [-0.25, -0.2) is 0 Å². The Kier molecular flexibility index (Phi) is 3.72. The lowest BCUT2D eigenvalue weighted by atomic mass is 9.43. The maximum atomic E-state index is 12.8. The summed E-state index contributed by atoms with van der Waals surface area (Å²) in [6.45, 7) is 8.60. The van der Waals surface area contributed by atoms with Crippen molar-refractivity contribution in [1.82, 2.24) is 5.32 Å². The highest BCUT2D eigenvalue weighted by Gasteiger charge is 2.71. The topological polar surface area (TPSA) is 38.3 Å². The van der Waals surface area contributed by atoms with E-state index in [1.807, 2.05) is 0 Å². The molecule has 1 saturated heterocycles. The number of allylic oxidation sites excluding steroid dienone is 1. The average molecular weight is 358 g/mol. The normalized spacial score (nSPS) is 49.2. The molecule has 0 aromatic carbocycles. The highest BCUT2D eigenvalue weighted by atomic mass is 16.5. The lowest BCUT2D eigenvalue weighted by Gasteiger charge is -2.65. The van der Waals surface area contributed by atoms with Crippen molar-refractivity contribution in [3.05, 3.63) is 11.1 Å². The quantitative estimate of drug-likeness (QED) is 0.591. The second kappa shape index (κ2) is 5.59. The van der Waals surface area contributed by atoms with E-state index in [-0.39, 0.29) is 17.3 Å². The minimum Gasteiger partial charge on any atom is -0.469 e. The Morgan fingerprint density at radius 1 is 1.23 bits per heavy atom. The van der Waals surface area contributed by atoms with Crippen LogP contribution in [0.3, 0.4) is 0 Å². The van der Waals surface area contributed by atoms with Crippen molar-refractivity contribution in [3.63, 3.8) is 0 Å². The van der Waals surface area contributed by atoms with Crippen LogP contribution in [0.4, 0.5) is 0 Å². The number of ether oxygens (including phenoxy) is 1. The Balaban J connectivity index is 1.72. The van der Waals surface area contributed by atoms with E-state index in [9.17, 15) is 4.79 Å². The number of nitrogens with one attached hydrogen (secondary N) is 1. The molecule has 1 N–H and O–H groups in total. The van der Waals surface area contributed by atoms with Gasteiger partial charge in [0.05, 0.1) is 13.0 Å². The molecule has 1 spiro atoms. The molecule has 3 heteroatoms. The Morgan fingerprint density at radius 3 is 2.73 bits per heavy atom. The Hall–Kier alpha value is -0.830. The zero-order chi connectivity index (χ0) is 18.3. The van der Waals surface area contributed by atoms with Crippen LogP contribution in [0.5, 0.6) is 0 Å². The van der Waals surface area contributed by atoms with Crippen molar-refractivity contribution in [2.24, 2.45) is 40.4 Å². The summed E-state index contributed by atoms with van der Waals surface area (Å²) in [6, 6.07) is 0.552. The number of carbonyl (C=O) groups is 1. The van der Waals surface area contributed by atoms with E-state index in [4.69, 9.17) is 4.74 Å². The molecule has 4 aliphatic carbocycles. The third-order valence-corrected chi connectivity index (χ3v) is 9.63. The van der Waals surface area contributed by atoms with Gasteiger partial charge in [0.1, 0.15) is 0 Å². The third kappa shape index (κ3) is 1.86. The Bertz CT molecular complexity index is 667. The summed E-state index contributed by atoms with van der Waals surface area (Å²) in [5, 5.41) is 4.07. The first-order valence-electron chi connectivity index (χ1n) is 11.0. The van der Waals surface area contributed by atoms with Gasteiger partial charge in [-0.3, -0.25) is 4.79 Å². The van der Waals surface area contributed by atoms with Crippen LogP contribution in [-0.4, -0.2) is 25.7 Å². The smallest absolute Gasteiger partial charge is 0.309 e. The number of carbonyl (C=O) groups excluding carboxylic acids is 1. The number of esters is 1. The second-order valence-electron chi connectivity index (χ2n) is 10.5. The van der Waals surface area contributed by atoms with E-state index in [0.717, 1.165) is 18.3 Å². The van der Waals surface area contributed by atoms with E-state index >= 15 is 0 Å². The van der Waals surface area contributed by atoms with Gasteiger partial charge in [0.2, 0.25) is 0 Å². The summed E-state index contributed by atoms with van der Waals surface area (Å²) in [4.78, 5) is 12.8. The van der Waals surface area contributed by atoms with Crippen LogP contribution >= 0.6 is 0 Å². The van der Waals surface area contributed by atoms with Crippen LogP contribution in [-0.2, 0) is 9.53 Å². The molecule has 0 radical (unpaired) electrons.